The molecule has 3 aromatic rings. The summed E-state index contributed by atoms with van der Waals surface area (Å²) in [6, 6.07) is 10.2. The number of fused-ring (bicyclic) bond motifs is 1. The lowest BCUT2D eigenvalue weighted by molar-refractivity contribution is 0.770. The van der Waals surface area contributed by atoms with E-state index in [-0.39, 0.29) is 0 Å². The van der Waals surface area contributed by atoms with Crippen LogP contribution in [0, 0.1) is 18.8 Å². The lowest BCUT2D eigenvalue weighted by atomic mass is 10.1. The molecule has 0 atom stereocenters. The van der Waals surface area contributed by atoms with Gasteiger partial charge in [0.05, 0.1) is 17.5 Å². The van der Waals surface area contributed by atoms with Crippen molar-refractivity contribution < 1.29 is 0 Å². The molecular formula is C19H19N3. The summed E-state index contributed by atoms with van der Waals surface area (Å²) in [4.78, 5) is 4.70. The Kier molecular flexibility index (Phi) is 4.20. The van der Waals surface area contributed by atoms with Crippen LogP contribution >= 0.6 is 0 Å². The zero-order valence-electron chi connectivity index (χ0n) is 13.0. The minimum Gasteiger partial charge on any atom is -0.232 e. The van der Waals surface area contributed by atoms with E-state index in [2.05, 4.69) is 42.9 Å². The fraction of sp³-hybridized carbons (Fsp3) is 0.263. The summed E-state index contributed by atoms with van der Waals surface area (Å²) >= 11 is 0. The molecule has 0 bridgehead atoms. The predicted molar refractivity (Wildman–Crippen MR) is 88.8 cm³/mol. The zero-order chi connectivity index (χ0) is 15.4. The highest BCUT2D eigenvalue weighted by Crippen LogP contribution is 2.11. The minimum absolute atomic E-state index is 0.881. The summed E-state index contributed by atoms with van der Waals surface area (Å²) in [5, 5.41) is 4.25. The second-order valence-electron chi connectivity index (χ2n) is 5.45. The van der Waals surface area contributed by atoms with Crippen molar-refractivity contribution in [1.82, 2.24) is 14.6 Å². The van der Waals surface area contributed by atoms with Crippen molar-refractivity contribution in [1.29, 1.82) is 0 Å². The van der Waals surface area contributed by atoms with Crippen LogP contribution in [0.15, 0.2) is 42.7 Å². The van der Waals surface area contributed by atoms with Crippen LogP contribution in [-0.2, 0) is 6.42 Å². The average molecular weight is 289 g/mol. The zero-order valence-corrected chi connectivity index (χ0v) is 13.0. The number of nitrogens with zero attached hydrogens (tertiary/aromatic N) is 3. The first-order valence-electron chi connectivity index (χ1n) is 7.68. The molecule has 0 amide bonds. The lowest BCUT2D eigenvalue weighted by Crippen LogP contribution is -2.00. The molecule has 1 aromatic carbocycles. The first-order chi connectivity index (χ1) is 10.8. The number of aryl methyl sites for hydroxylation is 2. The lowest BCUT2D eigenvalue weighted by Gasteiger charge is -2.04. The maximum atomic E-state index is 4.70. The summed E-state index contributed by atoms with van der Waals surface area (Å²) < 4.78 is 1.79. The van der Waals surface area contributed by atoms with Gasteiger partial charge in [0.2, 0.25) is 0 Å². The number of unbranched alkanes of at least 4 members (excludes halogenated alkanes) is 1. The summed E-state index contributed by atoms with van der Waals surface area (Å²) in [6.45, 7) is 4.27. The fourth-order valence-corrected chi connectivity index (χ4v) is 2.31. The Hall–Kier alpha value is -2.60. The maximum Gasteiger partial charge on any atom is 0.155 e. The van der Waals surface area contributed by atoms with Gasteiger partial charge >= 0.3 is 0 Å². The molecule has 3 heteroatoms. The molecule has 0 aliphatic carbocycles. The van der Waals surface area contributed by atoms with Gasteiger partial charge in [-0.1, -0.05) is 42.9 Å². The molecule has 110 valence electrons. The topological polar surface area (TPSA) is 30.2 Å². The Bertz CT molecular complexity index is 832. The Morgan fingerprint density at radius 1 is 1.09 bits per heavy atom. The number of aromatic nitrogens is 3. The van der Waals surface area contributed by atoms with E-state index in [0.717, 1.165) is 41.7 Å². The quantitative estimate of drug-likeness (QED) is 0.687. The maximum absolute atomic E-state index is 4.70. The SMILES string of the molecule is CCCCc1nc2ccnn2cc1C#Cc1ccc(C)cc1. The van der Waals surface area contributed by atoms with Gasteiger partial charge in [-0.2, -0.15) is 5.10 Å². The van der Waals surface area contributed by atoms with Crippen molar-refractivity contribution >= 4 is 5.65 Å². The first kappa shape index (κ1) is 14.3. The molecule has 3 nitrogen and oxygen atoms in total. The Morgan fingerprint density at radius 3 is 2.68 bits per heavy atom. The van der Waals surface area contributed by atoms with Gasteiger partial charge in [0.25, 0.3) is 0 Å². The number of rotatable bonds is 3. The third-order valence-corrected chi connectivity index (χ3v) is 3.62. The van der Waals surface area contributed by atoms with Gasteiger partial charge in [0.1, 0.15) is 0 Å². The van der Waals surface area contributed by atoms with E-state index in [1.165, 1.54) is 5.56 Å². The van der Waals surface area contributed by atoms with Crippen LogP contribution in [0.25, 0.3) is 5.65 Å². The van der Waals surface area contributed by atoms with Gasteiger partial charge in [-0.15, -0.1) is 0 Å². The third kappa shape index (κ3) is 3.17. The van der Waals surface area contributed by atoms with Gasteiger partial charge in [-0.3, -0.25) is 0 Å². The molecule has 0 radical (unpaired) electrons. The number of hydrogen-bond donors (Lipinski definition) is 0. The van der Waals surface area contributed by atoms with Gasteiger partial charge in [-0.25, -0.2) is 9.50 Å². The van der Waals surface area contributed by atoms with Crippen molar-refractivity contribution in [2.75, 3.05) is 0 Å². The number of hydrogen-bond acceptors (Lipinski definition) is 2. The largest absolute Gasteiger partial charge is 0.232 e. The van der Waals surface area contributed by atoms with Crippen LogP contribution in [0.1, 0.15) is 42.1 Å². The van der Waals surface area contributed by atoms with E-state index < -0.39 is 0 Å². The molecule has 3 rings (SSSR count). The van der Waals surface area contributed by atoms with Crippen molar-refractivity contribution in [2.45, 2.75) is 33.1 Å². The van der Waals surface area contributed by atoms with Gasteiger partial charge in [0.15, 0.2) is 5.65 Å². The van der Waals surface area contributed by atoms with E-state index >= 15 is 0 Å². The normalized spacial score (nSPS) is 10.5. The summed E-state index contributed by atoms with van der Waals surface area (Å²) in [5.74, 6) is 6.50. The second-order valence-corrected chi connectivity index (χ2v) is 5.45. The summed E-state index contributed by atoms with van der Waals surface area (Å²) in [7, 11) is 0. The van der Waals surface area contributed by atoms with E-state index in [1.807, 2.05) is 24.4 Å². The van der Waals surface area contributed by atoms with E-state index in [0.29, 0.717) is 0 Å². The molecule has 0 N–H and O–H groups in total. The van der Waals surface area contributed by atoms with Crippen molar-refractivity contribution in [3.8, 4) is 11.8 Å². The first-order valence-corrected chi connectivity index (χ1v) is 7.68. The minimum atomic E-state index is 0.881. The highest BCUT2D eigenvalue weighted by atomic mass is 15.2. The standard InChI is InChI=1S/C19H19N3/c1-3-4-5-18-17(14-22-19(21-18)12-13-20-22)11-10-16-8-6-15(2)7-9-16/h6-9,12-14H,3-5H2,1-2H3. The summed E-state index contributed by atoms with van der Waals surface area (Å²) in [6.07, 6.45) is 6.97. The van der Waals surface area contributed by atoms with E-state index in [9.17, 15) is 0 Å². The fourth-order valence-electron chi connectivity index (χ4n) is 2.31. The van der Waals surface area contributed by atoms with Gasteiger partial charge < -0.3 is 0 Å². The highest BCUT2D eigenvalue weighted by molar-refractivity contribution is 5.48. The molecule has 0 unspecified atom stereocenters. The average Bonchev–Trinajstić information content (AvgIpc) is 2.99. The monoisotopic (exact) mass is 289 g/mol. The Balaban J connectivity index is 1.98. The van der Waals surface area contributed by atoms with Crippen LogP contribution < -0.4 is 0 Å². The van der Waals surface area contributed by atoms with Crippen LogP contribution in [0.3, 0.4) is 0 Å². The van der Waals surface area contributed by atoms with Crippen molar-refractivity contribution in [2.24, 2.45) is 0 Å². The molecule has 0 aliphatic heterocycles. The van der Waals surface area contributed by atoms with Crippen molar-refractivity contribution in [3.05, 3.63) is 65.1 Å². The summed E-state index contributed by atoms with van der Waals surface area (Å²) in [5.41, 5.74) is 5.17. The molecule has 0 fully saturated rings. The highest BCUT2D eigenvalue weighted by Gasteiger charge is 2.05. The van der Waals surface area contributed by atoms with Gasteiger partial charge in [-0.05, 0) is 31.9 Å². The number of benzene rings is 1. The van der Waals surface area contributed by atoms with E-state index in [1.54, 1.807) is 10.7 Å². The van der Waals surface area contributed by atoms with Crippen LogP contribution in [0.2, 0.25) is 0 Å². The third-order valence-electron chi connectivity index (χ3n) is 3.62. The molecule has 22 heavy (non-hydrogen) atoms. The Labute approximate surface area is 131 Å². The predicted octanol–water partition coefficient (Wildman–Crippen LogP) is 3.78. The Morgan fingerprint density at radius 2 is 1.91 bits per heavy atom. The van der Waals surface area contributed by atoms with Crippen LogP contribution in [0.5, 0.6) is 0 Å². The molecule has 0 saturated carbocycles. The van der Waals surface area contributed by atoms with Crippen LogP contribution in [-0.4, -0.2) is 14.6 Å². The van der Waals surface area contributed by atoms with Gasteiger partial charge in [0, 0.05) is 17.8 Å². The smallest absolute Gasteiger partial charge is 0.155 e. The molecule has 0 aliphatic rings. The molecular weight excluding hydrogens is 270 g/mol. The molecule has 2 aromatic heterocycles. The molecule has 0 spiro atoms. The molecule has 0 saturated heterocycles. The van der Waals surface area contributed by atoms with Crippen LogP contribution in [0.4, 0.5) is 0 Å². The molecule has 2 heterocycles. The second kappa shape index (κ2) is 6.44. The van der Waals surface area contributed by atoms with Crippen molar-refractivity contribution in [3.63, 3.8) is 0 Å². The van der Waals surface area contributed by atoms with E-state index in [4.69, 9.17) is 4.98 Å².